The highest BCUT2D eigenvalue weighted by molar-refractivity contribution is 5.66. The minimum absolute atomic E-state index is 0.121. The molecule has 0 radical (unpaired) electrons. The van der Waals surface area contributed by atoms with Crippen molar-refractivity contribution in [1.29, 1.82) is 0 Å². The third-order valence-corrected chi connectivity index (χ3v) is 2.86. The maximum atomic E-state index is 9.54. The second kappa shape index (κ2) is 5.62. The van der Waals surface area contributed by atoms with E-state index in [2.05, 4.69) is 15.1 Å². The second-order valence-electron chi connectivity index (χ2n) is 4.27. The Morgan fingerprint density at radius 2 is 2.00 bits per heavy atom. The van der Waals surface area contributed by atoms with Gasteiger partial charge in [0.1, 0.15) is 11.5 Å². The molecule has 0 aliphatic rings. The standard InChI is InChI=1S/C15H13N3O3/c1-2-20-13-9-11(19)3-4-12(13)15-17-14(18-21-15)10-5-7-16-8-6-10/h3-9,19H,2H2,1H3. The maximum Gasteiger partial charge on any atom is 0.262 e. The van der Waals surface area contributed by atoms with Gasteiger partial charge in [-0.2, -0.15) is 4.98 Å². The normalized spacial score (nSPS) is 10.5. The Balaban J connectivity index is 2.00. The molecule has 1 N–H and O–H groups in total. The molecule has 106 valence electrons. The minimum Gasteiger partial charge on any atom is -0.508 e. The van der Waals surface area contributed by atoms with Gasteiger partial charge in [0.15, 0.2) is 0 Å². The van der Waals surface area contributed by atoms with Crippen molar-refractivity contribution in [3.05, 3.63) is 42.7 Å². The molecule has 21 heavy (non-hydrogen) atoms. The van der Waals surface area contributed by atoms with Gasteiger partial charge in [0.25, 0.3) is 5.89 Å². The average Bonchev–Trinajstić information content (AvgIpc) is 2.98. The van der Waals surface area contributed by atoms with Gasteiger partial charge in [-0.1, -0.05) is 5.16 Å². The second-order valence-corrected chi connectivity index (χ2v) is 4.27. The van der Waals surface area contributed by atoms with Crippen LogP contribution in [0.4, 0.5) is 0 Å². The van der Waals surface area contributed by atoms with E-state index >= 15 is 0 Å². The van der Waals surface area contributed by atoms with Crippen molar-refractivity contribution in [2.24, 2.45) is 0 Å². The molecule has 6 nitrogen and oxygen atoms in total. The summed E-state index contributed by atoms with van der Waals surface area (Å²) in [5.41, 5.74) is 1.46. The van der Waals surface area contributed by atoms with Crippen LogP contribution in [0.15, 0.2) is 47.2 Å². The first-order chi connectivity index (χ1) is 10.3. The quantitative estimate of drug-likeness (QED) is 0.792. The molecule has 0 unspecified atom stereocenters. The Labute approximate surface area is 121 Å². The Morgan fingerprint density at radius 1 is 1.19 bits per heavy atom. The van der Waals surface area contributed by atoms with Gasteiger partial charge in [0.05, 0.1) is 12.2 Å². The molecule has 0 bridgehead atoms. The molecule has 6 heteroatoms. The molecule has 1 aromatic carbocycles. The molecule has 0 aliphatic carbocycles. The molecule has 2 heterocycles. The van der Waals surface area contributed by atoms with Gasteiger partial charge in [0.2, 0.25) is 5.82 Å². The van der Waals surface area contributed by atoms with Crippen molar-refractivity contribution in [1.82, 2.24) is 15.1 Å². The molecule has 0 saturated carbocycles. The van der Waals surface area contributed by atoms with E-state index in [1.807, 2.05) is 6.92 Å². The summed E-state index contributed by atoms with van der Waals surface area (Å²) in [5, 5.41) is 13.5. The molecule has 0 fully saturated rings. The predicted octanol–water partition coefficient (Wildman–Crippen LogP) is 2.90. The molecular formula is C15H13N3O3. The zero-order chi connectivity index (χ0) is 14.7. The number of pyridine rings is 1. The summed E-state index contributed by atoms with van der Waals surface area (Å²) in [6, 6.07) is 8.36. The van der Waals surface area contributed by atoms with Crippen LogP contribution in [0.3, 0.4) is 0 Å². The summed E-state index contributed by atoms with van der Waals surface area (Å²) in [5.74, 6) is 1.44. The highest BCUT2D eigenvalue weighted by Crippen LogP contribution is 2.33. The Kier molecular flexibility index (Phi) is 3.51. The fraction of sp³-hybridized carbons (Fsp3) is 0.133. The first kappa shape index (κ1) is 13.1. The monoisotopic (exact) mass is 283 g/mol. The molecule has 0 aliphatic heterocycles. The van der Waals surface area contributed by atoms with Crippen LogP contribution in [0.25, 0.3) is 22.8 Å². The third kappa shape index (κ3) is 2.69. The molecule has 0 spiro atoms. The third-order valence-electron chi connectivity index (χ3n) is 2.86. The molecule has 0 amide bonds. The molecule has 3 rings (SSSR count). The summed E-state index contributed by atoms with van der Waals surface area (Å²) in [6.45, 7) is 2.34. The topological polar surface area (TPSA) is 81.3 Å². The maximum absolute atomic E-state index is 9.54. The lowest BCUT2D eigenvalue weighted by Crippen LogP contribution is -1.94. The predicted molar refractivity (Wildman–Crippen MR) is 75.8 cm³/mol. The zero-order valence-corrected chi connectivity index (χ0v) is 11.4. The van der Waals surface area contributed by atoms with Gasteiger partial charge in [-0.3, -0.25) is 4.98 Å². The van der Waals surface area contributed by atoms with Crippen LogP contribution in [0, 0.1) is 0 Å². The van der Waals surface area contributed by atoms with Crippen molar-refractivity contribution >= 4 is 0 Å². The van der Waals surface area contributed by atoms with E-state index in [-0.39, 0.29) is 5.75 Å². The smallest absolute Gasteiger partial charge is 0.262 e. The summed E-state index contributed by atoms with van der Waals surface area (Å²) in [6.07, 6.45) is 3.33. The largest absolute Gasteiger partial charge is 0.508 e. The number of aromatic hydroxyl groups is 1. The van der Waals surface area contributed by atoms with E-state index in [1.54, 1.807) is 36.7 Å². The number of aromatic nitrogens is 3. The van der Waals surface area contributed by atoms with Crippen molar-refractivity contribution in [2.45, 2.75) is 6.92 Å². The van der Waals surface area contributed by atoms with Gasteiger partial charge in [-0.25, -0.2) is 0 Å². The highest BCUT2D eigenvalue weighted by Gasteiger charge is 2.15. The fourth-order valence-electron chi connectivity index (χ4n) is 1.91. The number of hydrogen-bond donors (Lipinski definition) is 1. The average molecular weight is 283 g/mol. The molecule has 2 aromatic heterocycles. The lowest BCUT2D eigenvalue weighted by molar-refractivity contribution is 0.336. The van der Waals surface area contributed by atoms with Crippen molar-refractivity contribution < 1.29 is 14.4 Å². The number of rotatable bonds is 4. The van der Waals surface area contributed by atoms with Gasteiger partial charge < -0.3 is 14.4 Å². The van der Waals surface area contributed by atoms with E-state index in [0.717, 1.165) is 5.56 Å². The SMILES string of the molecule is CCOc1cc(O)ccc1-c1nc(-c2ccncc2)no1. The van der Waals surface area contributed by atoms with Crippen LogP contribution >= 0.6 is 0 Å². The Bertz CT molecular complexity index is 741. The summed E-state index contributed by atoms with van der Waals surface area (Å²) < 4.78 is 10.8. The first-order valence-corrected chi connectivity index (χ1v) is 6.48. The van der Waals surface area contributed by atoms with Gasteiger partial charge >= 0.3 is 0 Å². The molecule has 0 saturated heterocycles. The van der Waals surface area contributed by atoms with Crippen molar-refractivity contribution in [3.8, 4) is 34.3 Å². The van der Waals surface area contributed by atoms with E-state index in [1.165, 1.54) is 6.07 Å². The van der Waals surface area contributed by atoms with Crippen LogP contribution < -0.4 is 4.74 Å². The van der Waals surface area contributed by atoms with Gasteiger partial charge in [0, 0.05) is 24.0 Å². The number of nitrogens with zero attached hydrogens (tertiary/aromatic N) is 3. The molecule has 3 aromatic rings. The van der Waals surface area contributed by atoms with Crippen molar-refractivity contribution in [3.63, 3.8) is 0 Å². The van der Waals surface area contributed by atoms with E-state index in [0.29, 0.717) is 29.6 Å². The van der Waals surface area contributed by atoms with E-state index in [9.17, 15) is 5.11 Å². The Hall–Kier alpha value is -2.89. The van der Waals surface area contributed by atoms with Crippen LogP contribution in [-0.4, -0.2) is 26.8 Å². The Morgan fingerprint density at radius 3 is 2.76 bits per heavy atom. The van der Waals surface area contributed by atoms with E-state index < -0.39 is 0 Å². The van der Waals surface area contributed by atoms with Gasteiger partial charge in [-0.15, -0.1) is 0 Å². The van der Waals surface area contributed by atoms with Crippen LogP contribution in [0.1, 0.15) is 6.92 Å². The van der Waals surface area contributed by atoms with E-state index in [4.69, 9.17) is 9.26 Å². The highest BCUT2D eigenvalue weighted by atomic mass is 16.5. The lowest BCUT2D eigenvalue weighted by atomic mass is 10.2. The van der Waals surface area contributed by atoms with Crippen LogP contribution in [0.5, 0.6) is 11.5 Å². The van der Waals surface area contributed by atoms with Crippen molar-refractivity contribution in [2.75, 3.05) is 6.61 Å². The molecule has 0 atom stereocenters. The number of phenolic OH excluding ortho intramolecular Hbond substituents is 1. The van der Waals surface area contributed by atoms with Crippen LogP contribution in [-0.2, 0) is 0 Å². The summed E-state index contributed by atoms with van der Waals surface area (Å²) >= 11 is 0. The zero-order valence-electron chi connectivity index (χ0n) is 11.4. The fourth-order valence-corrected chi connectivity index (χ4v) is 1.91. The van der Waals surface area contributed by atoms with Gasteiger partial charge in [-0.05, 0) is 31.2 Å². The number of ether oxygens (including phenoxy) is 1. The summed E-state index contributed by atoms with van der Waals surface area (Å²) in [7, 11) is 0. The lowest BCUT2D eigenvalue weighted by Gasteiger charge is -2.07. The summed E-state index contributed by atoms with van der Waals surface area (Å²) in [4.78, 5) is 8.31. The minimum atomic E-state index is 0.121. The van der Waals surface area contributed by atoms with Crippen LogP contribution in [0.2, 0.25) is 0 Å². The number of hydrogen-bond acceptors (Lipinski definition) is 6. The number of benzene rings is 1. The molecular weight excluding hydrogens is 270 g/mol. The first-order valence-electron chi connectivity index (χ1n) is 6.48. The number of phenols is 1.